The van der Waals surface area contributed by atoms with Gasteiger partial charge in [-0.3, -0.25) is 4.79 Å². The van der Waals surface area contributed by atoms with Crippen LogP contribution in [-0.4, -0.2) is 34.3 Å². The van der Waals surface area contributed by atoms with Crippen LogP contribution in [0.2, 0.25) is 0 Å². The standard InChI is InChI=1S/C26H30N4O3S/c1-5-6-14-33-21-13-12-20(15-22(21)32-4)24-23(18(3)31)17(2)27-25-28-26(29-30(24)25)34-16-19-10-8-7-9-11-19/h7-13,15,24H,5-6,14,16H2,1-4H3,(H,27,28,29). The molecule has 7 nitrogen and oxygen atoms in total. The fourth-order valence-corrected chi connectivity index (χ4v) is 4.76. The molecule has 3 aromatic rings. The number of anilines is 1. The van der Waals surface area contributed by atoms with Gasteiger partial charge >= 0.3 is 0 Å². The number of Topliss-reactive ketones (excluding diaryl/α,β-unsaturated/α-hetero) is 1. The van der Waals surface area contributed by atoms with Crippen LogP contribution in [0.5, 0.6) is 11.5 Å². The zero-order valence-electron chi connectivity index (χ0n) is 20.0. The average molecular weight is 479 g/mol. The molecule has 2 aromatic carbocycles. The molecule has 0 fully saturated rings. The number of carbonyl (C=O) groups excluding carboxylic acids is 1. The molecule has 0 saturated heterocycles. The summed E-state index contributed by atoms with van der Waals surface area (Å²) in [4.78, 5) is 17.4. The average Bonchev–Trinajstić information content (AvgIpc) is 3.25. The molecule has 2 heterocycles. The summed E-state index contributed by atoms with van der Waals surface area (Å²) >= 11 is 1.57. The van der Waals surface area contributed by atoms with E-state index in [1.807, 2.05) is 43.3 Å². The second-order valence-electron chi connectivity index (χ2n) is 8.17. The van der Waals surface area contributed by atoms with Gasteiger partial charge in [0.25, 0.3) is 0 Å². The van der Waals surface area contributed by atoms with Crippen LogP contribution < -0.4 is 14.8 Å². The topological polar surface area (TPSA) is 78.3 Å². The van der Waals surface area contributed by atoms with Crippen LogP contribution in [0.25, 0.3) is 0 Å². The van der Waals surface area contributed by atoms with Crippen molar-refractivity contribution in [1.82, 2.24) is 14.8 Å². The van der Waals surface area contributed by atoms with Crippen LogP contribution in [0.4, 0.5) is 5.95 Å². The Morgan fingerprint density at radius 1 is 1.18 bits per heavy atom. The summed E-state index contributed by atoms with van der Waals surface area (Å²) in [5.41, 5.74) is 3.52. The number of carbonyl (C=O) groups is 1. The molecule has 1 aromatic heterocycles. The van der Waals surface area contributed by atoms with Gasteiger partial charge in [-0.15, -0.1) is 5.10 Å². The van der Waals surface area contributed by atoms with Crippen LogP contribution in [0.15, 0.2) is 65.0 Å². The number of methoxy groups -OCH3 is 1. The third-order valence-corrected chi connectivity index (χ3v) is 6.59. The zero-order valence-corrected chi connectivity index (χ0v) is 20.8. The number of nitrogens with zero attached hydrogens (tertiary/aromatic N) is 3. The predicted octanol–water partition coefficient (Wildman–Crippen LogP) is 5.64. The number of unbranched alkanes of at least 4 members (excludes halogenated alkanes) is 1. The van der Waals surface area contributed by atoms with E-state index in [9.17, 15) is 4.79 Å². The van der Waals surface area contributed by atoms with Gasteiger partial charge in [0.05, 0.1) is 13.7 Å². The first-order chi connectivity index (χ1) is 16.5. The Morgan fingerprint density at radius 3 is 2.68 bits per heavy atom. The Balaban J connectivity index is 1.68. The van der Waals surface area contributed by atoms with Gasteiger partial charge in [-0.05, 0) is 43.5 Å². The maximum Gasteiger partial charge on any atom is 0.227 e. The van der Waals surface area contributed by atoms with Gasteiger partial charge in [0.15, 0.2) is 17.3 Å². The number of aromatic nitrogens is 3. The predicted molar refractivity (Wildman–Crippen MR) is 135 cm³/mol. The summed E-state index contributed by atoms with van der Waals surface area (Å²) in [6, 6.07) is 15.6. The monoisotopic (exact) mass is 478 g/mol. The molecule has 178 valence electrons. The van der Waals surface area contributed by atoms with Gasteiger partial charge < -0.3 is 14.8 Å². The number of ketones is 1. The lowest BCUT2D eigenvalue weighted by molar-refractivity contribution is -0.114. The maximum atomic E-state index is 12.7. The third-order valence-electron chi connectivity index (χ3n) is 5.68. The van der Waals surface area contributed by atoms with Gasteiger partial charge in [0.1, 0.15) is 6.04 Å². The molecular formula is C26H30N4O3S. The number of hydrogen-bond acceptors (Lipinski definition) is 7. The van der Waals surface area contributed by atoms with E-state index < -0.39 is 6.04 Å². The molecule has 0 aliphatic carbocycles. The van der Waals surface area contributed by atoms with Crippen molar-refractivity contribution in [3.8, 4) is 11.5 Å². The summed E-state index contributed by atoms with van der Waals surface area (Å²) in [6.07, 6.45) is 2.03. The lowest BCUT2D eigenvalue weighted by Gasteiger charge is -2.28. The first-order valence-corrected chi connectivity index (χ1v) is 12.4. The van der Waals surface area contributed by atoms with Gasteiger partial charge in [-0.25, -0.2) is 4.68 Å². The molecule has 1 aliphatic rings. The second-order valence-corrected chi connectivity index (χ2v) is 9.11. The highest BCUT2D eigenvalue weighted by molar-refractivity contribution is 7.98. The quantitative estimate of drug-likeness (QED) is 0.299. The highest BCUT2D eigenvalue weighted by Gasteiger charge is 2.33. The largest absolute Gasteiger partial charge is 0.493 e. The normalized spacial score (nSPS) is 15.0. The van der Waals surface area contributed by atoms with Gasteiger partial charge in [-0.2, -0.15) is 4.98 Å². The summed E-state index contributed by atoms with van der Waals surface area (Å²) in [6.45, 7) is 6.24. The minimum Gasteiger partial charge on any atom is -0.493 e. The first-order valence-electron chi connectivity index (χ1n) is 11.4. The van der Waals surface area contributed by atoms with Crippen LogP contribution in [0.1, 0.15) is 50.8 Å². The molecule has 1 N–H and O–H groups in total. The highest BCUT2D eigenvalue weighted by Crippen LogP contribution is 2.39. The Kier molecular flexibility index (Phi) is 7.57. The molecule has 1 aliphatic heterocycles. The number of rotatable bonds is 10. The fraction of sp³-hybridized carbons (Fsp3) is 0.346. The van der Waals surface area contributed by atoms with E-state index in [0.717, 1.165) is 29.9 Å². The van der Waals surface area contributed by atoms with E-state index in [4.69, 9.17) is 19.6 Å². The second kappa shape index (κ2) is 10.8. The Hall–Kier alpha value is -3.26. The zero-order chi connectivity index (χ0) is 24.1. The van der Waals surface area contributed by atoms with Crippen molar-refractivity contribution in [3.05, 3.63) is 70.9 Å². The van der Waals surface area contributed by atoms with Crippen LogP contribution >= 0.6 is 11.8 Å². The molecular weight excluding hydrogens is 448 g/mol. The molecule has 4 rings (SSSR count). The Labute approximate surface area is 204 Å². The summed E-state index contributed by atoms with van der Waals surface area (Å²) in [5, 5.41) is 8.69. The molecule has 1 unspecified atom stereocenters. The lowest BCUT2D eigenvalue weighted by atomic mass is 9.93. The highest BCUT2D eigenvalue weighted by atomic mass is 32.2. The summed E-state index contributed by atoms with van der Waals surface area (Å²) in [7, 11) is 1.63. The number of hydrogen-bond donors (Lipinski definition) is 1. The van der Waals surface area contributed by atoms with Crippen molar-refractivity contribution in [3.63, 3.8) is 0 Å². The summed E-state index contributed by atoms with van der Waals surface area (Å²) < 4.78 is 13.3. The number of thioether (sulfide) groups is 1. The smallest absolute Gasteiger partial charge is 0.227 e. The molecule has 0 amide bonds. The van der Waals surface area contributed by atoms with Crippen molar-refractivity contribution in [2.45, 2.75) is 50.6 Å². The van der Waals surface area contributed by atoms with E-state index in [1.165, 1.54) is 5.56 Å². The maximum absolute atomic E-state index is 12.7. The van der Waals surface area contributed by atoms with E-state index in [0.29, 0.717) is 34.8 Å². The molecule has 1 atom stereocenters. The summed E-state index contributed by atoms with van der Waals surface area (Å²) in [5.74, 6) is 2.69. The number of benzene rings is 2. The van der Waals surface area contributed by atoms with Gasteiger partial charge in [-0.1, -0.05) is 61.5 Å². The van der Waals surface area contributed by atoms with Crippen molar-refractivity contribution in [1.29, 1.82) is 0 Å². The lowest BCUT2D eigenvalue weighted by Crippen LogP contribution is -2.27. The molecule has 0 radical (unpaired) electrons. The van der Waals surface area contributed by atoms with Crippen molar-refractivity contribution in [2.24, 2.45) is 0 Å². The van der Waals surface area contributed by atoms with Crippen LogP contribution in [0.3, 0.4) is 0 Å². The van der Waals surface area contributed by atoms with E-state index in [2.05, 4.69) is 24.4 Å². The molecule has 0 bridgehead atoms. The van der Waals surface area contributed by atoms with Crippen molar-refractivity contribution < 1.29 is 14.3 Å². The first kappa shape index (κ1) is 23.9. The van der Waals surface area contributed by atoms with Gasteiger partial charge in [0, 0.05) is 17.0 Å². The minimum atomic E-state index is -0.411. The Morgan fingerprint density at radius 2 is 1.97 bits per heavy atom. The van der Waals surface area contributed by atoms with E-state index in [1.54, 1.807) is 30.5 Å². The number of ether oxygens (including phenoxy) is 2. The van der Waals surface area contributed by atoms with E-state index >= 15 is 0 Å². The van der Waals surface area contributed by atoms with Crippen molar-refractivity contribution in [2.75, 3.05) is 19.0 Å². The molecule has 0 saturated carbocycles. The van der Waals surface area contributed by atoms with E-state index in [-0.39, 0.29) is 5.78 Å². The third kappa shape index (κ3) is 5.12. The number of fused-ring (bicyclic) bond motifs is 1. The van der Waals surface area contributed by atoms with Crippen LogP contribution in [-0.2, 0) is 10.5 Å². The van der Waals surface area contributed by atoms with Gasteiger partial charge in [0.2, 0.25) is 11.1 Å². The fourth-order valence-electron chi connectivity index (χ4n) is 3.98. The van der Waals surface area contributed by atoms with Crippen LogP contribution in [0, 0.1) is 0 Å². The number of nitrogens with one attached hydrogen (secondary N) is 1. The molecule has 34 heavy (non-hydrogen) atoms. The molecule has 8 heteroatoms. The minimum absolute atomic E-state index is 0.0168. The number of allylic oxidation sites excluding steroid dienone is 2. The van der Waals surface area contributed by atoms with Crippen molar-refractivity contribution >= 4 is 23.5 Å². The SMILES string of the molecule is CCCCOc1ccc(C2C(C(C)=O)=C(C)Nc3nc(SCc4ccccc4)nn32)cc1OC. The Bertz CT molecular complexity index is 1190. The molecule has 0 spiro atoms.